The maximum absolute atomic E-state index is 14.5. The van der Waals surface area contributed by atoms with Crippen LogP contribution < -0.4 is 21.3 Å². The van der Waals surface area contributed by atoms with Crippen LogP contribution in [0.25, 0.3) is 11.1 Å². The third kappa shape index (κ3) is 6.18. The highest BCUT2D eigenvalue weighted by Crippen LogP contribution is 2.37. The fraction of sp³-hybridized carbons (Fsp3) is 0.143. The number of aromatic nitrogens is 1. The van der Waals surface area contributed by atoms with Crippen molar-refractivity contribution in [3.63, 3.8) is 0 Å². The van der Waals surface area contributed by atoms with E-state index in [1.165, 1.54) is 34.9 Å². The molecule has 0 amide bonds. The molecular weight excluding hydrogens is 492 g/mol. The molecule has 0 unspecified atom stereocenters. The van der Waals surface area contributed by atoms with Crippen LogP contribution >= 0.6 is 11.9 Å². The van der Waals surface area contributed by atoms with E-state index >= 15 is 0 Å². The van der Waals surface area contributed by atoms with E-state index in [4.69, 9.17) is 5.73 Å². The summed E-state index contributed by atoms with van der Waals surface area (Å²) in [7, 11) is 1.64. The van der Waals surface area contributed by atoms with Crippen molar-refractivity contribution >= 4 is 40.9 Å². The summed E-state index contributed by atoms with van der Waals surface area (Å²) in [5, 5.41) is 3.04. The Bertz CT molecular complexity index is 1490. The number of aliphatic imine (C=N–C) groups is 1. The summed E-state index contributed by atoms with van der Waals surface area (Å²) >= 11 is 1.52. The molecule has 0 aliphatic carbocycles. The number of halogens is 2. The summed E-state index contributed by atoms with van der Waals surface area (Å²) in [6.45, 7) is 2.43. The van der Waals surface area contributed by atoms with Gasteiger partial charge in [0.2, 0.25) is 0 Å². The molecular formula is C28H27F2N5OS. The number of rotatable bonds is 9. The molecule has 0 saturated heterocycles. The van der Waals surface area contributed by atoms with Crippen LogP contribution in [-0.2, 0) is 13.6 Å². The average molecular weight is 520 g/mol. The number of nitrogens with two attached hydrogens (primary N) is 1. The van der Waals surface area contributed by atoms with E-state index in [0.29, 0.717) is 23.4 Å². The Balaban J connectivity index is 1.79. The van der Waals surface area contributed by atoms with Crippen molar-refractivity contribution in [3.05, 3.63) is 106 Å². The number of nitrogen functional groups attached to an aromatic ring is 1. The summed E-state index contributed by atoms with van der Waals surface area (Å²) in [5.74, 6) is -0.543. The minimum Gasteiger partial charge on any atom is -0.397 e. The molecule has 190 valence electrons. The molecule has 6 nitrogen and oxygen atoms in total. The third-order valence-electron chi connectivity index (χ3n) is 5.64. The van der Waals surface area contributed by atoms with Crippen LogP contribution in [0.5, 0.6) is 0 Å². The Hall–Kier alpha value is -4.11. The van der Waals surface area contributed by atoms with Crippen molar-refractivity contribution in [2.45, 2.75) is 13.5 Å². The Morgan fingerprint density at radius 2 is 1.78 bits per heavy atom. The number of hydrogen-bond donors (Lipinski definition) is 3. The number of pyridine rings is 1. The summed E-state index contributed by atoms with van der Waals surface area (Å²) in [6.07, 6.45) is 3.14. The molecule has 4 rings (SSSR count). The Kier molecular flexibility index (Phi) is 8.25. The largest absolute Gasteiger partial charge is 0.397 e. The molecule has 37 heavy (non-hydrogen) atoms. The Morgan fingerprint density at radius 3 is 2.51 bits per heavy atom. The molecule has 1 heterocycles. The van der Waals surface area contributed by atoms with Crippen LogP contribution in [0.3, 0.4) is 0 Å². The normalized spacial score (nSPS) is 11.1. The van der Waals surface area contributed by atoms with Gasteiger partial charge < -0.3 is 20.3 Å². The second-order valence-electron chi connectivity index (χ2n) is 8.29. The minimum absolute atomic E-state index is 0.110. The first-order valence-electron chi connectivity index (χ1n) is 11.6. The maximum Gasteiger partial charge on any atom is 0.261 e. The monoisotopic (exact) mass is 519 g/mol. The summed E-state index contributed by atoms with van der Waals surface area (Å²) < 4.78 is 32.6. The highest BCUT2D eigenvalue weighted by atomic mass is 32.2. The van der Waals surface area contributed by atoms with Crippen molar-refractivity contribution in [1.82, 2.24) is 4.57 Å². The number of nitrogens with one attached hydrogen (secondary N) is 2. The number of benzene rings is 3. The lowest BCUT2D eigenvalue weighted by molar-refractivity contribution is 0.586. The van der Waals surface area contributed by atoms with Crippen LogP contribution in [0.15, 0.2) is 82.7 Å². The quantitative estimate of drug-likeness (QED) is 0.177. The van der Waals surface area contributed by atoms with Crippen LogP contribution in [0, 0.1) is 11.6 Å². The third-order valence-corrected chi connectivity index (χ3v) is 6.30. The van der Waals surface area contributed by atoms with Gasteiger partial charge in [-0.3, -0.25) is 9.79 Å². The van der Waals surface area contributed by atoms with E-state index in [1.807, 2.05) is 49.4 Å². The van der Waals surface area contributed by atoms with E-state index < -0.39 is 11.6 Å². The van der Waals surface area contributed by atoms with Gasteiger partial charge in [0, 0.05) is 53.8 Å². The van der Waals surface area contributed by atoms with Gasteiger partial charge in [0.05, 0.1) is 23.5 Å². The van der Waals surface area contributed by atoms with Crippen LogP contribution in [0.1, 0.15) is 18.1 Å². The first-order valence-corrected chi connectivity index (χ1v) is 12.6. The highest BCUT2D eigenvalue weighted by Gasteiger charge is 2.17. The molecule has 3 aromatic carbocycles. The number of anilines is 4. The number of hydrogen-bond acceptors (Lipinski definition) is 6. The van der Waals surface area contributed by atoms with Crippen molar-refractivity contribution in [2.75, 3.05) is 21.5 Å². The predicted molar refractivity (Wildman–Crippen MR) is 151 cm³/mol. The van der Waals surface area contributed by atoms with Gasteiger partial charge >= 0.3 is 0 Å². The maximum atomic E-state index is 14.5. The average Bonchev–Trinajstić information content (AvgIpc) is 2.90. The highest BCUT2D eigenvalue weighted by molar-refractivity contribution is 8.00. The van der Waals surface area contributed by atoms with E-state index in [1.54, 1.807) is 19.3 Å². The molecule has 0 bridgehead atoms. The van der Waals surface area contributed by atoms with Crippen molar-refractivity contribution < 1.29 is 8.78 Å². The SMILES string of the molecule is CCSNc1ccc(Nc2ccc(F)cc2F)c(-c2cn(C)c(=O)c(C=NCc3ccccc3)c2N)c1. The Labute approximate surface area is 218 Å². The lowest BCUT2D eigenvalue weighted by atomic mass is 10.00. The van der Waals surface area contributed by atoms with Crippen LogP contribution in [-0.4, -0.2) is 16.5 Å². The fourth-order valence-electron chi connectivity index (χ4n) is 3.77. The molecule has 0 aliphatic rings. The molecule has 1 aromatic heterocycles. The second kappa shape index (κ2) is 11.7. The molecule has 0 fully saturated rings. The molecule has 0 spiro atoms. The first-order chi connectivity index (χ1) is 17.9. The molecule has 4 aromatic rings. The van der Waals surface area contributed by atoms with E-state index in [2.05, 4.69) is 15.0 Å². The van der Waals surface area contributed by atoms with Gasteiger partial charge in [-0.25, -0.2) is 8.78 Å². The summed E-state index contributed by atoms with van der Waals surface area (Å²) in [5.41, 5.74) is 10.4. The van der Waals surface area contributed by atoms with Crippen LogP contribution in [0.2, 0.25) is 0 Å². The zero-order valence-corrected chi connectivity index (χ0v) is 21.3. The van der Waals surface area contributed by atoms with E-state index in [0.717, 1.165) is 23.1 Å². The summed E-state index contributed by atoms with van der Waals surface area (Å²) in [6, 6.07) is 18.5. The molecule has 9 heteroatoms. The zero-order chi connectivity index (χ0) is 26.4. The molecule has 0 saturated carbocycles. The van der Waals surface area contributed by atoms with Crippen molar-refractivity contribution in [1.29, 1.82) is 0 Å². The van der Waals surface area contributed by atoms with E-state index in [-0.39, 0.29) is 22.5 Å². The second-order valence-corrected chi connectivity index (χ2v) is 9.36. The van der Waals surface area contributed by atoms with Gasteiger partial charge in [0.1, 0.15) is 11.6 Å². The van der Waals surface area contributed by atoms with Crippen molar-refractivity contribution in [3.8, 4) is 11.1 Å². The van der Waals surface area contributed by atoms with Gasteiger partial charge in [-0.05, 0) is 35.9 Å². The summed E-state index contributed by atoms with van der Waals surface area (Å²) in [4.78, 5) is 17.4. The van der Waals surface area contributed by atoms with Gasteiger partial charge in [0.25, 0.3) is 5.56 Å². The Morgan fingerprint density at radius 1 is 1.03 bits per heavy atom. The van der Waals surface area contributed by atoms with E-state index in [9.17, 15) is 13.6 Å². The van der Waals surface area contributed by atoms with Crippen molar-refractivity contribution in [2.24, 2.45) is 12.0 Å². The lowest BCUT2D eigenvalue weighted by Crippen LogP contribution is -2.23. The minimum atomic E-state index is -0.725. The molecule has 0 aliphatic heterocycles. The molecule has 4 N–H and O–H groups in total. The standard InChI is InChI=1S/C28H27F2N5OS/c1-3-37-34-20-10-12-25(33-26-11-9-19(29)13-24(26)30)21(14-20)23-17-35(2)28(36)22(27(23)31)16-32-15-18-7-5-4-6-8-18/h4-14,16-17,33-34H,3,15,31H2,1-2H3. The first kappa shape index (κ1) is 26.0. The topological polar surface area (TPSA) is 84.4 Å². The number of nitrogens with zero attached hydrogens (tertiary/aromatic N) is 2. The van der Waals surface area contributed by atoms with Gasteiger partial charge in [0.15, 0.2) is 0 Å². The lowest BCUT2D eigenvalue weighted by Gasteiger charge is -2.18. The number of aryl methyl sites for hydroxylation is 1. The fourth-order valence-corrected chi connectivity index (χ4v) is 4.21. The van der Waals surface area contributed by atoms with Gasteiger partial charge in [-0.2, -0.15) is 0 Å². The molecule has 0 radical (unpaired) electrons. The van der Waals surface area contributed by atoms with Gasteiger partial charge in [-0.1, -0.05) is 49.2 Å². The predicted octanol–water partition coefficient (Wildman–Crippen LogP) is 6.36. The zero-order valence-electron chi connectivity index (χ0n) is 20.5. The van der Waals surface area contributed by atoms with Gasteiger partial charge in [-0.15, -0.1) is 0 Å². The smallest absolute Gasteiger partial charge is 0.261 e. The molecule has 0 atom stereocenters. The van der Waals surface area contributed by atoms with Crippen LogP contribution in [0.4, 0.5) is 31.5 Å².